The highest BCUT2D eigenvalue weighted by molar-refractivity contribution is 6.14. The van der Waals surface area contributed by atoms with Crippen molar-refractivity contribution in [2.24, 2.45) is 5.41 Å². The molecule has 0 bridgehead atoms. The third-order valence-corrected chi connectivity index (χ3v) is 4.06. The van der Waals surface area contributed by atoms with Crippen molar-refractivity contribution in [3.63, 3.8) is 0 Å². The lowest BCUT2D eigenvalue weighted by Crippen LogP contribution is -2.41. The van der Waals surface area contributed by atoms with Crippen LogP contribution in [0.15, 0.2) is 48.5 Å². The molecule has 0 saturated heterocycles. The van der Waals surface area contributed by atoms with Crippen LogP contribution in [0.25, 0.3) is 0 Å². The first-order valence-corrected chi connectivity index (χ1v) is 8.12. The highest BCUT2D eigenvalue weighted by Gasteiger charge is 2.36. The van der Waals surface area contributed by atoms with Gasteiger partial charge in [-0.2, -0.15) is 0 Å². The van der Waals surface area contributed by atoms with Gasteiger partial charge in [0, 0.05) is 11.4 Å². The van der Waals surface area contributed by atoms with Gasteiger partial charge >= 0.3 is 0 Å². The van der Waals surface area contributed by atoms with E-state index in [4.69, 9.17) is 0 Å². The van der Waals surface area contributed by atoms with E-state index in [-0.39, 0.29) is 11.8 Å². The first-order chi connectivity index (χ1) is 11.3. The monoisotopic (exact) mass is 324 g/mol. The summed E-state index contributed by atoms with van der Waals surface area (Å²) in [5.41, 5.74) is 2.34. The fourth-order valence-corrected chi connectivity index (χ4v) is 2.34. The van der Waals surface area contributed by atoms with Crippen molar-refractivity contribution in [3.05, 3.63) is 59.7 Å². The first-order valence-electron chi connectivity index (χ1n) is 8.12. The molecule has 0 atom stereocenters. The smallest absolute Gasteiger partial charge is 0.239 e. The summed E-state index contributed by atoms with van der Waals surface area (Å²) in [4.78, 5) is 25.2. The Balaban J connectivity index is 2.13. The molecular weight excluding hydrogens is 300 g/mol. The average Bonchev–Trinajstić information content (AvgIpc) is 2.55. The largest absolute Gasteiger partial charge is 0.325 e. The van der Waals surface area contributed by atoms with Crippen LogP contribution in [-0.2, 0) is 16.0 Å². The predicted molar refractivity (Wildman–Crippen MR) is 98.0 cm³/mol. The summed E-state index contributed by atoms with van der Waals surface area (Å²) in [7, 11) is 0. The van der Waals surface area contributed by atoms with Gasteiger partial charge in [0.2, 0.25) is 11.8 Å². The molecule has 2 rings (SSSR count). The van der Waals surface area contributed by atoms with Crippen molar-refractivity contribution < 1.29 is 9.59 Å². The van der Waals surface area contributed by atoms with Crippen LogP contribution < -0.4 is 10.6 Å². The molecule has 126 valence electrons. The minimum atomic E-state index is -1.19. The van der Waals surface area contributed by atoms with Gasteiger partial charge in [-0.1, -0.05) is 37.3 Å². The fourth-order valence-electron chi connectivity index (χ4n) is 2.34. The van der Waals surface area contributed by atoms with Crippen LogP contribution in [0.2, 0.25) is 0 Å². The van der Waals surface area contributed by atoms with Gasteiger partial charge < -0.3 is 10.6 Å². The van der Waals surface area contributed by atoms with Crippen LogP contribution in [0.3, 0.4) is 0 Å². The number of para-hydroxylation sites is 1. The topological polar surface area (TPSA) is 58.2 Å². The standard InChI is InChI=1S/C20H24N2O2/c1-5-15-10-6-7-12-17(15)22-19(24)20(3,4)18(23)21-16-11-8-9-14(2)13-16/h6-13H,5H2,1-4H3,(H,21,23)(H,22,24). The minimum absolute atomic E-state index is 0.325. The summed E-state index contributed by atoms with van der Waals surface area (Å²) in [6.07, 6.45) is 0.812. The third-order valence-electron chi connectivity index (χ3n) is 4.06. The zero-order valence-corrected chi connectivity index (χ0v) is 14.6. The fraction of sp³-hybridized carbons (Fsp3) is 0.300. The van der Waals surface area contributed by atoms with Gasteiger partial charge in [-0.05, 0) is 56.5 Å². The molecule has 4 heteroatoms. The Hall–Kier alpha value is -2.62. The number of carbonyl (C=O) groups is 2. The van der Waals surface area contributed by atoms with Crippen molar-refractivity contribution in [2.75, 3.05) is 10.6 Å². The van der Waals surface area contributed by atoms with Gasteiger partial charge in [-0.3, -0.25) is 9.59 Å². The number of amides is 2. The summed E-state index contributed by atoms with van der Waals surface area (Å²) >= 11 is 0. The molecule has 0 heterocycles. The van der Waals surface area contributed by atoms with Crippen LogP contribution in [0.1, 0.15) is 31.9 Å². The summed E-state index contributed by atoms with van der Waals surface area (Å²) in [6.45, 7) is 7.24. The Kier molecular flexibility index (Phi) is 5.39. The molecule has 0 aliphatic heterocycles. The lowest BCUT2D eigenvalue weighted by Gasteiger charge is -2.23. The Morgan fingerprint density at radius 1 is 0.958 bits per heavy atom. The molecule has 0 fully saturated rings. The summed E-state index contributed by atoms with van der Waals surface area (Å²) in [6, 6.07) is 15.1. The van der Waals surface area contributed by atoms with Crippen LogP contribution in [0, 0.1) is 12.3 Å². The maximum absolute atomic E-state index is 12.6. The predicted octanol–water partition coefficient (Wildman–Crippen LogP) is 4.16. The normalized spacial score (nSPS) is 11.0. The molecule has 2 N–H and O–H groups in total. The third kappa shape index (κ3) is 4.02. The Labute approximate surface area is 143 Å². The van der Waals surface area contributed by atoms with E-state index in [1.807, 2.05) is 62.4 Å². The highest BCUT2D eigenvalue weighted by Crippen LogP contribution is 2.23. The molecule has 0 aromatic heterocycles. The maximum Gasteiger partial charge on any atom is 0.239 e. The molecule has 0 aliphatic rings. The number of benzene rings is 2. The van der Waals surface area contributed by atoms with Crippen LogP contribution in [0.4, 0.5) is 11.4 Å². The molecule has 0 spiro atoms. The highest BCUT2D eigenvalue weighted by atomic mass is 16.2. The molecule has 0 aliphatic carbocycles. The zero-order chi connectivity index (χ0) is 17.7. The number of anilines is 2. The lowest BCUT2D eigenvalue weighted by molar-refractivity contribution is -0.135. The van der Waals surface area contributed by atoms with E-state index in [0.717, 1.165) is 23.2 Å². The van der Waals surface area contributed by atoms with Crippen molar-refractivity contribution in [1.82, 2.24) is 0 Å². The Morgan fingerprint density at radius 3 is 2.29 bits per heavy atom. The van der Waals surface area contributed by atoms with Gasteiger partial charge in [0.15, 0.2) is 0 Å². The van der Waals surface area contributed by atoms with Gasteiger partial charge in [0.25, 0.3) is 0 Å². The van der Waals surface area contributed by atoms with Crippen LogP contribution in [0.5, 0.6) is 0 Å². The molecule has 2 aromatic carbocycles. The minimum Gasteiger partial charge on any atom is -0.325 e. The first kappa shape index (κ1) is 17.7. The van der Waals surface area contributed by atoms with E-state index in [0.29, 0.717) is 5.69 Å². The number of aryl methyl sites for hydroxylation is 2. The number of carbonyl (C=O) groups excluding carboxylic acids is 2. The van der Waals surface area contributed by atoms with Gasteiger partial charge in [0.05, 0.1) is 0 Å². The van der Waals surface area contributed by atoms with E-state index in [9.17, 15) is 9.59 Å². The molecule has 24 heavy (non-hydrogen) atoms. The molecule has 2 amide bonds. The average molecular weight is 324 g/mol. The van der Waals surface area contributed by atoms with Gasteiger partial charge in [0.1, 0.15) is 5.41 Å². The zero-order valence-electron chi connectivity index (χ0n) is 14.6. The molecule has 0 unspecified atom stereocenters. The molecule has 0 saturated carbocycles. The van der Waals surface area contributed by atoms with E-state index in [1.54, 1.807) is 13.8 Å². The van der Waals surface area contributed by atoms with Gasteiger partial charge in [-0.25, -0.2) is 0 Å². The number of hydrogen-bond acceptors (Lipinski definition) is 2. The second-order valence-corrected chi connectivity index (χ2v) is 6.41. The van der Waals surface area contributed by atoms with Crippen molar-refractivity contribution in [2.45, 2.75) is 34.1 Å². The summed E-state index contributed by atoms with van der Waals surface area (Å²) in [5.74, 6) is -0.659. The maximum atomic E-state index is 12.6. The van der Waals surface area contributed by atoms with E-state index >= 15 is 0 Å². The second kappa shape index (κ2) is 7.30. The number of rotatable bonds is 5. The molecule has 2 aromatic rings. The van der Waals surface area contributed by atoms with E-state index < -0.39 is 5.41 Å². The van der Waals surface area contributed by atoms with Crippen molar-refractivity contribution in [3.8, 4) is 0 Å². The summed E-state index contributed by atoms with van der Waals surface area (Å²) < 4.78 is 0. The SMILES string of the molecule is CCc1ccccc1NC(=O)C(C)(C)C(=O)Nc1cccc(C)c1. The van der Waals surface area contributed by atoms with E-state index in [1.165, 1.54) is 0 Å². The van der Waals surface area contributed by atoms with Crippen LogP contribution in [-0.4, -0.2) is 11.8 Å². The van der Waals surface area contributed by atoms with Crippen LogP contribution >= 0.6 is 0 Å². The second-order valence-electron chi connectivity index (χ2n) is 6.41. The molecule has 4 nitrogen and oxygen atoms in total. The number of hydrogen-bond donors (Lipinski definition) is 2. The quantitative estimate of drug-likeness (QED) is 0.811. The van der Waals surface area contributed by atoms with E-state index in [2.05, 4.69) is 10.6 Å². The summed E-state index contributed by atoms with van der Waals surface area (Å²) in [5, 5.41) is 5.70. The molecular formula is C20H24N2O2. The number of nitrogens with one attached hydrogen (secondary N) is 2. The lowest BCUT2D eigenvalue weighted by atomic mass is 9.90. The Bertz CT molecular complexity index is 751. The molecule has 0 radical (unpaired) electrons. The van der Waals surface area contributed by atoms with Gasteiger partial charge in [-0.15, -0.1) is 0 Å². The Morgan fingerprint density at radius 2 is 1.62 bits per heavy atom. The van der Waals surface area contributed by atoms with Crippen molar-refractivity contribution >= 4 is 23.2 Å². The van der Waals surface area contributed by atoms with Crippen molar-refractivity contribution in [1.29, 1.82) is 0 Å².